The van der Waals surface area contributed by atoms with Gasteiger partial charge in [-0.1, -0.05) is 12.1 Å². The fourth-order valence-electron chi connectivity index (χ4n) is 2.05. The molecule has 0 saturated heterocycles. The molecule has 0 bridgehead atoms. The lowest BCUT2D eigenvalue weighted by molar-refractivity contribution is 0.402. The summed E-state index contributed by atoms with van der Waals surface area (Å²) in [4.78, 5) is 0. The van der Waals surface area contributed by atoms with Crippen LogP contribution in [0.1, 0.15) is 5.56 Å². The average Bonchev–Trinajstić information content (AvgIpc) is 2.46. The summed E-state index contributed by atoms with van der Waals surface area (Å²) in [6, 6.07) is 11.8. The summed E-state index contributed by atoms with van der Waals surface area (Å²) >= 11 is 0. The second-order valence-electron chi connectivity index (χ2n) is 4.27. The molecule has 0 aromatic heterocycles. The van der Waals surface area contributed by atoms with Crippen LogP contribution in [0.2, 0.25) is 0 Å². The predicted octanol–water partition coefficient (Wildman–Crippen LogP) is 3.69. The summed E-state index contributed by atoms with van der Waals surface area (Å²) in [6.07, 6.45) is 0. The molecular formula is C16H18O3. The van der Waals surface area contributed by atoms with Crippen molar-refractivity contribution in [3.8, 4) is 28.4 Å². The van der Waals surface area contributed by atoms with Crippen molar-refractivity contribution in [2.24, 2.45) is 0 Å². The van der Waals surface area contributed by atoms with Crippen LogP contribution in [0.15, 0.2) is 36.4 Å². The molecule has 0 fully saturated rings. The third kappa shape index (κ3) is 2.65. The summed E-state index contributed by atoms with van der Waals surface area (Å²) in [7, 11) is 4.98. The first kappa shape index (κ1) is 13.3. The Kier molecular flexibility index (Phi) is 3.95. The highest BCUT2D eigenvalue weighted by molar-refractivity contribution is 5.77. The van der Waals surface area contributed by atoms with Crippen LogP contribution in [-0.4, -0.2) is 21.3 Å². The minimum atomic E-state index is 0.790. The van der Waals surface area contributed by atoms with Crippen LogP contribution in [0.4, 0.5) is 0 Å². The van der Waals surface area contributed by atoms with Gasteiger partial charge in [-0.05, 0) is 36.8 Å². The van der Waals surface area contributed by atoms with E-state index in [2.05, 4.69) is 6.07 Å². The van der Waals surface area contributed by atoms with Gasteiger partial charge in [0.15, 0.2) is 0 Å². The van der Waals surface area contributed by atoms with E-state index in [0.29, 0.717) is 0 Å². The molecule has 2 rings (SSSR count). The zero-order valence-corrected chi connectivity index (χ0v) is 11.7. The van der Waals surface area contributed by atoms with E-state index >= 15 is 0 Å². The van der Waals surface area contributed by atoms with Crippen LogP contribution in [0.5, 0.6) is 17.2 Å². The summed E-state index contributed by atoms with van der Waals surface area (Å²) in [5.74, 6) is 2.41. The largest absolute Gasteiger partial charge is 0.497 e. The summed E-state index contributed by atoms with van der Waals surface area (Å²) in [5.41, 5.74) is 3.10. The highest BCUT2D eigenvalue weighted by atomic mass is 16.5. The van der Waals surface area contributed by atoms with Crippen LogP contribution >= 0.6 is 0 Å². The molecule has 0 N–H and O–H groups in total. The lowest BCUT2D eigenvalue weighted by atomic mass is 10.0. The molecule has 0 heterocycles. The van der Waals surface area contributed by atoms with Gasteiger partial charge in [0.1, 0.15) is 17.2 Å². The van der Waals surface area contributed by atoms with Gasteiger partial charge in [0.2, 0.25) is 0 Å². The summed E-state index contributed by atoms with van der Waals surface area (Å²) in [5, 5.41) is 0. The van der Waals surface area contributed by atoms with E-state index in [1.807, 2.05) is 37.3 Å². The molecule has 0 aliphatic heterocycles. The minimum Gasteiger partial charge on any atom is -0.497 e. The van der Waals surface area contributed by atoms with Crippen molar-refractivity contribution in [1.82, 2.24) is 0 Å². The first-order chi connectivity index (χ1) is 9.19. The number of benzene rings is 2. The van der Waals surface area contributed by atoms with Gasteiger partial charge in [0.05, 0.1) is 21.3 Å². The highest BCUT2D eigenvalue weighted by Gasteiger charge is 2.12. The molecule has 0 spiro atoms. The van der Waals surface area contributed by atoms with Crippen molar-refractivity contribution >= 4 is 0 Å². The van der Waals surface area contributed by atoms with Crippen LogP contribution in [-0.2, 0) is 0 Å². The number of hydrogen-bond acceptors (Lipinski definition) is 3. The van der Waals surface area contributed by atoms with E-state index < -0.39 is 0 Å². The quantitative estimate of drug-likeness (QED) is 0.837. The Hall–Kier alpha value is -2.16. The smallest absolute Gasteiger partial charge is 0.127 e. The van der Waals surface area contributed by atoms with Gasteiger partial charge in [-0.25, -0.2) is 0 Å². The standard InChI is InChI=1S/C16H18O3/c1-11-5-7-13(16(9-11)19-4)14-10-12(17-2)6-8-15(14)18-3/h5-10H,1-4H3. The van der Waals surface area contributed by atoms with Crippen LogP contribution < -0.4 is 14.2 Å². The number of hydrogen-bond donors (Lipinski definition) is 0. The van der Waals surface area contributed by atoms with Crippen LogP contribution in [0.25, 0.3) is 11.1 Å². The van der Waals surface area contributed by atoms with Gasteiger partial charge in [-0.2, -0.15) is 0 Å². The van der Waals surface area contributed by atoms with Crippen molar-refractivity contribution < 1.29 is 14.2 Å². The van der Waals surface area contributed by atoms with Crippen LogP contribution in [0, 0.1) is 6.92 Å². The third-order valence-electron chi connectivity index (χ3n) is 3.05. The van der Waals surface area contributed by atoms with E-state index in [9.17, 15) is 0 Å². The van der Waals surface area contributed by atoms with Gasteiger partial charge in [0.25, 0.3) is 0 Å². The third-order valence-corrected chi connectivity index (χ3v) is 3.05. The zero-order valence-electron chi connectivity index (χ0n) is 11.7. The number of aryl methyl sites for hydroxylation is 1. The second kappa shape index (κ2) is 5.65. The first-order valence-corrected chi connectivity index (χ1v) is 6.06. The second-order valence-corrected chi connectivity index (χ2v) is 4.27. The van der Waals surface area contributed by atoms with Crippen molar-refractivity contribution in [2.75, 3.05) is 21.3 Å². The molecule has 19 heavy (non-hydrogen) atoms. The van der Waals surface area contributed by atoms with E-state index in [1.54, 1.807) is 21.3 Å². The summed E-state index contributed by atoms with van der Waals surface area (Å²) < 4.78 is 16.2. The van der Waals surface area contributed by atoms with Gasteiger partial charge in [-0.15, -0.1) is 0 Å². The molecular weight excluding hydrogens is 240 g/mol. The molecule has 0 radical (unpaired) electrons. The topological polar surface area (TPSA) is 27.7 Å². The Balaban J connectivity index is 2.62. The van der Waals surface area contributed by atoms with E-state index in [0.717, 1.165) is 33.9 Å². The Bertz CT molecular complexity index is 576. The molecule has 0 amide bonds. The normalized spacial score (nSPS) is 10.1. The number of rotatable bonds is 4. The van der Waals surface area contributed by atoms with Gasteiger partial charge in [-0.3, -0.25) is 0 Å². The van der Waals surface area contributed by atoms with Crippen molar-refractivity contribution in [3.05, 3.63) is 42.0 Å². The lowest BCUT2D eigenvalue weighted by Gasteiger charge is -2.14. The molecule has 0 unspecified atom stereocenters. The fraction of sp³-hybridized carbons (Fsp3) is 0.250. The maximum atomic E-state index is 5.46. The lowest BCUT2D eigenvalue weighted by Crippen LogP contribution is -1.93. The first-order valence-electron chi connectivity index (χ1n) is 6.06. The van der Waals surface area contributed by atoms with Gasteiger partial charge in [0, 0.05) is 11.1 Å². The van der Waals surface area contributed by atoms with Crippen LogP contribution in [0.3, 0.4) is 0 Å². The fourth-order valence-corrected chi connectivity index (χ4v) is 2.05. The van der Waals surface area contributed by atoms with Crippen molar-refractivity contribution in [1.29, 1.82) is 0 Å². The summed E-state index contributed by atoms with van der Waals surface area (Å²) in [6.45, 7) is 2.04. The molecule has 3 heteroatoms. The minimum absolute atomic E-state index is 0.790. The maximum Gasteiger partial charge on any atom is 0.127 e. The maximum absolute atomic E-state index is 5.46. The molecule has 0 saturated carbocycles. The predicted molar refractivity (Wildman–Crippen MR) is 76.3 cm³/mol. The molecule has 0 aliphatic carbocycles. The zero-order chi connectivity index (χ0) is 13.8. The number of methoxy groups -OCH3 is 3. The molecule has 0 atom stereocenters. The average molecular weight is 258 g/mol. The Morgan fingerprint density at radius 2 is 1.42 bits per heavy atom. The molecule has 100 valence electrons. The van der Waals surface area contributed by atoms with E-state index in [1.165, 1.54) is 0 Å². The monoisotopic (exact) mass is 258 g/mol. The molecule has 0 aliphatic rings. The van der Waals surface area contributed by atoms with Gasteiger partial charge < -0.3 is 14.2 Å². The Labute approximate surface area is 113 Å². The van der Waals surface area contributed by atoms with Crippen molar-refractivity contribution in [3.63, 3.8) is 0 Å². The van der Waals surface area contributed by atoms with Gasteiger partial charge >= 0.3 is 0 Å². The molecule has 3 nitrogen and oxygen atoms in total. The Morgan fingerprint density at radius 1 is 0.684 bits per heavy atom. The van der Waals surface area contributed by atoms with E-state index in [4.69, 9.17) is 14.2 Å². The highest BCUT2D eigenvalue weighted by Crippen LogP contribution is 2.38. The van der Waals surface area contributed by atoms with Crippen molar-refractivity contribution in [2.45, 2.75) is 6.92 Å². The SMILES string of the molecule is COc1ccc(OC)c(-c2ccc(C)cc2OC)c1. The Morgan fingerprint density at radius 3 is 2.05 bits per heavy atom. The van der Waals surface area contributed by atoms with E-state index in [-0.39, 0.29) is 0 Å². The molecule has 2 aromatic carbocycles. The number of ether oxygens (including phenoxy) is 3. The molecule has 2 aromatic rings.